The highest BCUT2D eigenvalue weighted by Crippen LogP contribution is 2.29. The van der Waals surface area contributed by atoms with Crippen molar-refractivity contribution in [3.05, 3.63) is 101 Å². The van der Waals surface area contributed by atoms with Crippen LogP contribution in [0.2, 0.25) is 0 Å². The first-order chi connectivity index (χ1) is 16.5. The molecule has 0 aliphatic rings. The van der Waals surface area contributed by atoms with Gasteiger partial charge in [0.1, 0.15) is 12.4 Å². The zero-order valence-electron chi connectivity index (χ0n) is 19.4. The number of ether oxygens (including phenoxy) is 5. The molecule has 0 fully saturated rings. The summed E-state index contributed by atoms with van der Waals surface area (Å²) < 4.78 is 27.0. The molecule has 0 radical (unpaired) electrons. The van der Waals surface area contributed by atoms with Gasteiger partial charge in [0.2, 0.25) is 0 Å². The maximum absolute atomic E-state index is 11.8. The summed E-state index contributed by atoms with van der Waals surface area (Å²) in [6.45, 7) is 2.93. The lowest BCUT2D eigenvalue weighted by molar-refractivity contribution is -0.193. The summed E-state index contributed by atoms with van der Waals surface area (Å²) in [5.74, 6) is -0.110. The molecular formula is C27H28O7. The lowest BCUT2D eigenvalue weighted by Gasteiger charge is -2.20. The van der Waals surface area contributed by atoms with Crippen molar-refractivity contribution in [2.75, 3.05) is 13.9 Å². The molecule has 3 rings (SSSR count). The zero-order chi connectivity index (χ0) is 24.3. The lowest BCUT2D eigenvalue weighted by atomic mass is 10.00. The van der Waals surface area contributed by atoms with Crippen LogP contribution in [-0.2, 0) is 35.1 Å². The van der Waals surface area contributed by atoms with E-state index in [1.807, 2.05) is 78.9 Å². The highest BCUT2D eigenvalue weighted by Gasteiger charge is 2.19. The Hall–Kier alpha value is -3.68. The number of hydrogen-bond acceptors (Lipinski definition) is 7. The average Bonchev–Trinajstić information content (AvgIpc) is 2.85. The van der Waals surface area contributed by atoms with Gasteiger partial charge in [-0.3, -0.25) is 9.59 Å². The maximum atomic E-state index is 11.8. The molecule has 0 bridgehead atoms. The second kappa shape index (κ2) is 12.5. The van der Waals surface area contributed by atoms with Crippen LogP contribution in [0.4, 0.5) is 0 Å². The first-order valence-electron chi connectivity index (χ1n) is 10.8. The quantitative estimate of drug-likeness (QED) is 0.288. The molecule has 7 nitrogen and oxygen atoms in total. The van der Waals surface area contributed by atoms with Gasteiger partial charge in [0.15, 0.2) is 19.2 Å². The van der Waals surface area contributed by atoms with E-state index in [2.05, 4.69) is 0 Å². The molecule has 7 heteroatoms. The highest BCUT2D eigenvalue weighted by atomic mass is 16.8. The van der Waals surface area contributed by atoms with Gasteiger partial charge < -0.3 is 23.7 Å². The third-order valence-electron chi connectivity index (χ3n) is 4.92. The first-order valence-corrected chi connectivity index (χ1v) is 10.8. The monoisotopic (exact) mass is 464 g/mol. The van der Waals surface area contributed by atoms with Crippen molar-refractivity contribution in [3.63, 3.8) is 0 Å². The molecular weight excluding hydrogens is 436 g/mol. The minimum absolute atomic E-state index is 0.218. The van der Waals surface area contributed by atoms with E-state index < -0.39 is 24.3 Å². The van der Waals surface area contributed by atoms with Crippen molar-refractivity contribution in [1.29, 1.82) is 0 Å². The lowest BCUT2D eigenvalue weighted by Crippen LogP contribution is -2.13. The molecule has 2 unspecified atom stereocenters. The summed E-state index contributed by atoms with van der Waals surface area (Å²) in [7, 11) is 1.50. The van der Waals surface area contributed by atoms with Crippen LogP contribution in [0.1, 0.15) is 48.5 Å². The minimum Gasteiger partial charge on any atom is -0.489 e. The molecule has 0 N–H and O–H groups in total. The Balaban J connectivity index is 1.71. The van der Waals surface area contributed by atoms with Crippen molar-refractivity contribution in [2.45, 2.75) is 32.8 Å². The Morgan fingerprint density at radius 1 is 0.765 bits per heavy atom. The van der Waals surface area contributed by atoms with Gasteiger partial charge in [0, 0.05) is 26.5 Å². The fourth-order valence-electron chi connectivity index (χ4n) is 3.28. The summed E-state index contributed by atoms with van der Waals surface area (Å²) in [5, 5.41) is 0. The van der Waals surface area contributed by atoms with Crippen LogP contribution in [0.25, 0.3) is 0 Å². The van der Waals surface area contributed by atoms with E-state index in [1.54, 1.807) is 0 Å². The van der Waals surface area contributed by atoms with Crippen LogP contribution in [-0.4, -0.2) is 25.8 Å². The van der Waals surface area contributed by atoms with Crippen molar-refractivity contribution >= 4 is 11.9 Å². The number of rotatable bonds is 11. The molecule has 0 heterocycles. The molecule has 3 aromatic rings. The SMILES string of the molecule is COC(OCOC(C)=O)c1ccc(C(OC(C)=O)c2ccc(OCc3ccccc3)cc2)cc1. The van der Waals surface area contributed by atoms with E-state index in [4.69, 9.17) is 23.7 Å². The largest absolute Gasteiger partial charge is 0.489 e. The van der Waals surface area contributed by atoms with Crippen molar-refractivity contribution in [3.8, 4) is 5.75 Å². The van der Waals surface area contributed by atoms with Gasteiger partial charge in [-0.05, 0) is 28.8 Å². The van der Waals surface area contributed by atoms with Crippen LogP contribution in [0.5, 0.6) is 5.75 Å². The zero-order valence-corrected chi connectivity index (χ0v) is 19.4. The van der Waals surface area contributed by atoms with Gasteiger partial charge in [-0.25, -0.2) is 0 Å². The van der Waals surface area contributed by atoms with E-state index >= 15 is 0 Å². The second-order valence-corrected chi connectivity index (χ2v) is 7.49. The first kappa shape index (κ1) is 25.0. The summed E-state index contributed by atoms with van der Waals surface area (Å²) in [6, 6.07) is 24.7. The van der Waals surface area contributed by atoms with E-state index in [0.29, 0.717) is 6.61 Å². The molecule has 0 spiro atoms. The van der Waals surface area contributed by atoms with Crippen LogP contribution < -0.4 is 4.74 Å². The predicted octanol–water partition coefficient (Wildman–Crippen LogP) is 5.10. The van der Waals surface area contributed by atoms with Crippen LogP contribution in [0, 0.1) is 0 Å². The van der Waals surface area contributed by atoms with E-state index in [0.717, 1.165) is 28.0 Å². The molecule has 178 valence electrons. The summed E-state index contributed by atoms with van der Waals surface area (Å²) in [5.41, 5.74) is 3.40. The highest BCUT2D eigenvalue weighted by molar-refractivity contribution is 5.67. The van der Waals surface area contributed by atoms with Crippen LogP contribution >= 0.6 is 0 Å². The van der Waals surface area contributed by atoms with Gasteiger partial charge in [-0.1, -0.05) is 66.7 Å². The van der Waals surface area contributed by atoms with Crippen molar-refractivity contribution in [2.24, 2.45) is 0 Å². The van der Waals surface area contributed by atoms with Crippen molar-refractivity contribution < 1.29 is 33.3 Å². The maximum Gasteiger partial charge on any atom is 0.304 e. The number of hydrogen-bond donors (Lipinski definition) is 0. The van der Waals surface area contributed by atoms with Crippen LogP contribution in [0.15, 0.2) is 78.9 Å². The fourth-order valence-corrected chi connectivity index (χ4v) is 3.28. The van der Waals surface area contributed by atoms with Gasteiger partial charge >= 0.3 is 11.9 Å². The predicted molar refractivity (Wildman–Crippen MR) is 125 cm³/mol. The molecule has 2 atom stereocenters. The fraction of sp³-hybridized carbons (Fsp3) is 0.259. The van der Waals surface area contributed by atoms with Crippen molar-refractivity contribution in [1.82, 2.24) is 0 Å². The normalized spacial score (nSPS) is 12.4. The Bertz CT molecular complexity index is 1050. The number of esters is 2. The van der Waals surface area contributed by atoms with E-state index in [9.17, 15) is 9.59 Å². The third-order valence-corrected chi connectivity index (χ3v) is 4.92. The summed E-state index contributed by atoms with van der Waals surface area (Å²) >= 11 is 0. The van der Waals surface area contributed by atoms with Gasteiger partial charge in [-0.15, -0.1) is 0 Å². The van der Waals surface area contributed by atoms with E-state index in [-0.39, 0.29) is 6.79 Å². The Kier molecular flexibility index (Phi) is 9.20. The Morgan fingerprint density at radius 2 is 1.35 bits per heavy atom. The summed E-state index contributed by atoms with van der Waals surface area (Å²) in [6.07, 6.45) is -1.29. The second-order valence-electron chi connectivity index (χ2n) is 7.49. The molecule has 0 aliphatic carbocycles. The topological polar surface area (TPSA) is 80.3 Å². The molecule has 0 saturated carbocycles. The number of methoxy groups -OCH3 is 1. The molecule has 34 heavy (non-hydrogen) atoms. The van der Waals surface area contributed by atoms with E-state index in [1.165, 1.54) is 21.0 Å². The Morgan fingerprint density at radius 3 is 1.91 bits per heavy atom. The molecule has 0 amide bonds. The third kappa shape index (κ3) is 7.43. The minimum atomic E-state index is -0.707. The number of carbonyl (C=O) groups excluding carboxylic acids is 2. The number of benzene rings is 3. The summed E-state index contributed by atoms with van der Waals surface area (Å²) in [4.78, 5) is 22.7. The van der Waals surface area contributed by atoms with Gasteiger partial charge in [0.05, 0.1) is 0 Å². The standard InChI is InChI=1S/C27H28O7/c1-19(28)32-18-33-27(30-3)24-11-9-22(10-12-24)26(34-20(2)29)23-13-15-25(16-14-23)31-17-21-7-5-4-6-8-21/h4-16,26-27H,17-18H2,1-3H3. The molecule has 0 aromatic heterocycles. The smallest absolute Gasteiger partial charge is 0.304 e. The van der Waals surface area contributed by atoms with Gasteiger partial charge in [-0.2, -0.15) is 0 Å². The Labute approximate surface area is 199 Å². The average molecular weight is 465 g/mol. The number of carbonyl (C=O) groups is 2. The van der Waals surface area contributed by atoms with Crippen LogP contribution in [0.3, 0.4) is 0 Å². The molecule has 3 aromatic carbocycles. The molecule has 0 saturated heterocycles. The molecule has 0 aliphatic heterocycles. The van der Waals surface area contributed by atoms with Gasteiger partial charge in [0.25, 0.3) is 0 Å².